The molecule has 0 aromatic rings. The van der Waals surface area contributed by atoms with Gasteiger partial charge in [-0.15, -0.1) is 0 Å². The third-order valence-electron chi connectivity index (χ3n) is 2.56. The number of hydrogen-bond donors (Lipinski definition) is 0. The summed E-state index contributed by atoms with van der Waals surface area (Å²) in [6.45, 7) is 3.92. The molecule has 2 nitrogen and oxygen atoms in total. The normalized spacial score (nSPS) is 19.7. The predicted molar refractivity (Wildman–Crippen MR) is 50.5 cm³/mol. The van der Waals surface area contributed by atoms with Gasteiger partial charge in [0.05, 0.1) is 0 Å². The fourth-order valence-corrected chi connectivity index (χ4v) is 1.97. The molecule has 0 atom stereocenters. The molecule has 0 aromatic heterocycles. The van der Waals surface area contributed by atoms with E-state index in [0.29, 0.717) is 0 Å². The van der Waals surface area contributed by atoms with Crippen molar-refractivity contribution in [3.8, 4) is 0 Å². The maximum absolute atomic E-state index is 10.8. The largest absolute Gasteiger partial charge is 0.329 e. The minimum Gasteiger partial charge on any atom is -0.329 e. The summed E-state index contributed by atoms with van der Waals surface area (Å²) in [7, 11) is 0. The highest BCUT2D eigenvalue weighted by Gasteiger charge is 2.20. The molecule has 0 radical (unpaired) electrons. The summed E-state index contributed by atoms with van der Waals surface area (Å²) in [6.07, 6.45) is 4.81. The van der Waals surface area contributed by atoms with Crippen molar-refractivity contribution in [2.75, 3.05) is 13.1 Å². The van der Waals surface area contributed by atoms with Gasteiger partial charge in [0.1, 0.15) is 0 Å². The highest BCUT2D eigenvalue weighted by atomic mass is 35.5. The second-order valence-electron chi connectivity index (χ2n) is 3.47. The predicted octanol–water partition coefficient (Wildman–Crippen LogP) is 2.86. The Kier molecular flexibility index (Phi) is 3.86. The summed E-state index contributed by atoms with van der Waals surface area (Å²) in [5, 5.41) is -0.287. The molecule has 0 spiro atoms. The lowest BCUT2D eigenvalue weighted by atomic mass is 9.93. The number of hydrogen-bond acceptors (Lipinski definition) is 1. The Balaban J connectivity index is 2.25. The lowest BCUT2D eigenvalue weighted by Gasteiger charge is -2.30. The monoisotopic (exact) mass is 189 g/mol. The number of carbonyl (C=O) groups excluding carboxylic acids is 1. The molecular formula is C9H16ClNO. The SMILES string of the molecule is CCCC1CCN(C(=O)Cl)CC1. The average molecular weight is 190 g/mol. The van der Waals surface area contributed by atoms with Gasteiger partial charge in [0.2, 0.25) is 0 Å². The summed E-state index contributed by atoms with van der Waals surface area (Å²) < 4.78 is 0. The Bertz CT molecular complexity index is 153. The topological polar surface area (TPSA) is 20.3 Å². The van der Waals surface area contributed by atoms with Gasteiger partial charge in [-0.1, -0.05) is 19.8 Å². The first-order chi connectivity index (χ1) is 5.74. The highest BCUT2D eigenvalue weighted by Crippen LogP contribution is 2.22. The lowest BCUT2D eigenvalue weighted by Crippen LogP contribution is -2.35. The number of halogens is 1. The van der Waals surface area contributed by atoms with Gasteiger partial charge in [-0.3, -0.25) is 4.79 Å². The molecule has 1 amide bonds. The van der Waals surface area contributed by atoms with Crippen LogP contribution in [0.5, 0.6) is 0 Å². The molecule has 12 heavy (non-hydrogen) atoms. The first kappa shape index (κ1) is 9.85. The molecule has 1 saturated heterocycles. The van der Waals surface area contributed by atoms with E-state index in [1.807, 2.05) is 0 Å². The Hall–Kier alpha value is -0.240. The molecule has 1 rings (SSSR count). The van der Waals surface area contributed by atoms with Crippen molar-refractivity contribution in [3.05, 3.63) is 0 Å². The van der Waals surface area contributed by atoms with Crippen LogP contribution in [0.3, 0.4) is 0 Å². The minimum absolute atomic E-state index is 0.287. The second-order valence-corrected chi connectivity index (χ2v) is 3.80. The van der Waals surface area contributed by atoms with Gasteiger partial charge in [-0.25, -0.2) is 0 Å². The van der Waals surface area contributed by atoms with E-state index in [1.165, 1.54) is 12.8 Å². The number of likely N-dealkylation sites (tertiary alicyclic amines) is 1. The van der Waals surface area contributed by atoms with Crippen molar-refractivity contribution in [1.82, 2.24) is 4.90 Å². The Morgan fingerprint density at radius 1 is 1.50 bits per heavy atom. The molecule has 1 fully saturated rings. The smallest absolute Gasteiger partial charge is 0.316 e. The van der Waals surface area contributed by atoms with E-state index in [-0.39, 0.29) is 5.37 Å². The van der Waals surface area contributed by atoms with Crippen molar-refractivity contribution < 1.29 is 4.79 Å². The zero-order valence-electron chi connectivity index (χ0n) is 7.55. The molecule has 0 unspecified atom stereocenters. The molecule has 0 aliphatic carbocycles. The van der Waals surface area contributed by atoms with E-state index in [4.69, 9.17) is 11.6 Å². The highest BCUT2D eigenvalue weighted by molar-refractivity contribution is 6.62. The quantitative estimate of drug-likeness (QED) is 0.483. The minimum atomic E-state index is -0.287. The van der Waals surface area contributed by atoms with Crippen LogP contribution >= 0.6 is 11.6 Å². The van der Waals surface area contributed by atoms with Gasteiger partial charge in [-0.2, -0.15) is 0 Å². The Morgan fingerprint density at radius 2 is 2.08 bits per heavy atom. The zero-order valence-corrected chi connectivity index (χ0v) is 8.31. The van der Waals surface area contributed by atoms with Crippen LogP contribution in [0.15, 0.2) is 0 Å². The summed E-state index contributed by atoms with van der Waals surface area (Å²) in [4.78, 5) is 12.5. The molecular weight excluding hydrogens is 174 g/mol. The standard InChI is InChI=1S/C9H16ClNO/c1-2-3-8-4-6-11(7-5-8)9(10)12/h8H,2-7H2,1H3. The molecule has 0 N–H and O–H groups in total. The summed E-state index contributed by atoms with van der Waals surface area (Å²) in [6, 6.07) is 0. The van der Waals surface area contributed by atoms with E-state index in [9.17, 15) is 4.79 Å². The maximum Gasteiger partial charge on any atom is 0.316 e. The van der Waals surface area contributed by atoms with Crippen LogP contribution in [0.2, 0.25) is 0 Å². The van der Waals surface area contributed by atoms with E-state index in [2.05, 4.69) is 6.92 Å². The fourth-order valence-electron chi connectivity index (χ4n) is 1.81. The van der Waals surface area contributed by atoms with Crippen molar-refractivity contribution in [2.24, 2.45) is 5.92 Å². The van der Waals surface area contributed by atoms with Crippen molar-refractivity contribution in [1.29, 1.82) is 0 Å². The van der Waals surface area contributed by atoms with Crippen molar-refractivity contribution >= 4 is 17.0 Å². The molecule has 0 bridgehead atoms. The van der Waals surface area contributed by atoms with E-state index in [0.717, 1.165) is 31.8 Å². The fraction of sp³-hybridized carbons (Fsp3) is 0.889. The van der Waals surface area contributed by atoms with Crippen LogP contribution in [0.1, 0.15) is 32.6 Å². The van der Waals surface area contributed by atoms with Gasteiger partial charge >= 0.3 is 5.37 Å². The van der Waals surface area contributed by atoms with Crippen LogP contribution in [-0.4, -0.2) is 23.4 Å². The molecule has 3 heteroatoms. The summed E-state index contributed by atoms with van der Waals surface area (Å²) >= 11 is 5.37. The van der Waals surface area contributed by atoms with Gasteiger partial charge in [0.15, 0.2) is 0 Å². The Morgan fingerprint density at radius 3 is 2.50 bits per heavy atom. The van der Waals surface area contributed by atoms with E-state index < -0.39 is 0 Å². The second kappa shape index (κ2) is 4.70. The third-order valence-corrected chi connectivity index (χ3v) is 2.80. The summed E-state index contributed by atoms with van der Waals surface area (Å²) in [5.41, 5.74) is 0. The van der Waals surface area contributed by atoms with Gasteiger partial charge in [-0.05, 0) is 30.4 Å². The van der Waals surface area contributed by atoms with E-state index in [1.54, 1.807) is 4.90 Å². The zero-order chi connectivity index (χ0) is 8.97. The first-order valence-corrected chi connectivity index (χ1v) is 5.06. The van der Waals surface area contributed by atoms with Gasteiger partial charge < -0.3 is 4.90 Å². The van der Waals surface area contributed by atoms with Gasteiger partial charge in [0.25, 0.3) is 0 Å². The molecule has 0 saturated carbocycles. The summed E-state index contributed by atoms with van der Waals surface area (Å²) in [5.74, 6) is 0.822. The maximum atomic E-state index is 10.8. The number of amides is 1. The van der Waals surface area contributed by atoms with Crippen LogP contribution in [0.4, 0.5) is 4.79 Å². The number of piperidine rings is 1. The number of nitrogens with zero attached hydrogens (tertiary/aromatic N) is 1. The molecule has 1 heterocycles. The first-order valence-electron chi connectivity index (χ1n) is 4.68. The van der Waals surface area contributed by atoms with Crippen LogP contribution in [-0.2, 0) is 0 Å². The van der Waals surface area contributed by atoms with Crippen LogP contribution in [0.25, 0.3) is 0 Å². The Labute approximate surface area is 78.9 Å². The van der Waals surface area contributed by atoms with Crippen molar-refractivity contribution in [3.63, 3.8) is 0 Å². The van der Waals surface area contributed by atoms with Crippen molar-refractivity contribution in [2.45, 2.75) is 32.6 Å². The molecule has 70 valence electrons. The van der Waals surface area contributed by atoms with E-state index >= 15 is 0 Å². The van der Waals surface area contributed by atoms with Gasteiger partial charge in [0, 0.05) is 13.1 Å². The van der Waals surface area contributed by atoms with Crippen LogP contribution in [0, 0.1) is 5.92 Å². The molecule has 1 aliphatic heterocycles. The van der Waals surface area contributed by atoms with Crippen LogP contribution < -0.4 is 0 Å². The number of carbonyl (C=O) groups is 1. The average Bonchev–Trinajstić information content (AvgIpc) is 2.06. The lowest BCUT2D eigenvalue weighted by molar-refractivity contribution is 0.188. The molecule has 0 aromatic carbocycles. The number of rotatable bonds is 2. The molecule has 1 aliphatic rings. The third kappa shape index (κ3) is 2.67.